The first-order chi connectivity index (χ1) is 7.16. The zero-order valence-corrected chi connectivity index (χ0v) is 7.45. The van der Waals surface area contributed by atoms with Crippen molar-refractivity contribution in [3.63, 3.8) is 0 Å². The van der Waals surface area contributed by atoms with Crippen LogP contribution in [0.15, 0.2) is 29.4 Å². The van der Waals surface area contributed by atoms with Crippen LogP contribution in [-0.4, -0.2) is 10.9 Å². The summed E-state index contributed by atoms with van der Waals surface area (Å²) in [5, 5.41) is 15.4. The Kier molecular flexibility index (Phi) is 2.10. The van der Waals surface area contributed by atoms with Crippen LogP contribution in [0.4, 0.5) is 11.4 Å². The highest BCUT2D eigenvalue weighted by molar-refractivity contribution is 5.74. The standard InChI is InChI=1S/C7H7N5O3/c8-7-9-11(10-15-7)5-2-1-3-6(4-5)12(13)14/h1-4,10H,(H2,8,9). The van der Waals surface area contributed by atoms with Gasteiger partial charge in [0.2, 0.25) is 0 Å². The molecule has 1 aliphatic heterocycles. The highest BCUT2D eigenvalue weighted by Crippen LogP contribution is 2.21. The minimum atomic E-state index is -0.493. The molecule has 1 aliphatic rings. The number of hydrazone groups is 1. The largest absolute Gasteiger partial charge is 0.351 e. The molecule has 8 nitrogen and oxygen atoms in total. The van der Waals surface area contributed by atoms with Gasteiger partial charge < -0.3 is 10.6 Å². The number of non-ortho nitro benzene ring substituents is 1. The van der Waals surface area contributed by atoms with E-state index in [1.807, 2.05) is 0 Å². The molecule has 0 bridgehead atoms. The molecule has 0 atom stereocenters. The molecule has 0 aliphatic carbocycles. The average molecular weight is 209 g/mol. The van der Waals surface area contributed by atoms with Gasteiger partial charge in [0, 0.05) is 12.1 Å². The van der Waals surface area contributed by atoms with Crippen LogP contribution in [-0.2, 0) is 4.84 Å². The van der Waals surface area contributed by atoms with Gasteiger partial charge in [-0.25, -0.2) is 0 Å². The lowest BCUT2D eigenvalue weighted by Gasteiger charge is -2.09. The van der Waals surface area contributed by atoms with E-state index in [0.717, 1.165) is 0 Å². The predicted molar refractivity (Wildman–Crippen MR) is 51.4 cm³/mol. The number of nitro groups is 1. The van der Waals surface area contributed by atoms with E-state index in [-0.39, 0.29) is 11.7 Å². The Hall–Kier alpha value is -2.35. The van der Waals surface area contributed by atoms with Gasteiger partial charge in [0.05, 0.1) is 10.6 Å². The molecule has 1 aromatic rings. The number of amidine groups is 1. The fourth-order valence-electron chi connectivity index (χ4n) is 1.08. The molecule has 3 N–H and O–H groups in total. The third-order valence-corrected chi connectivity index (χ3v) is 1.72. The third-order valence-electron chi connectivity index (χ3n) is 1.72. The van der Waals surface area contributed by atoms with Crippen molar-refractivity contribution in [1.82, 2.24) is 5.59 Å². The molecule has 0 fully saturated rings. The number of rotatable bonds is 2. The highest BCUT2D eigenvalue weighted by Gasteiger charge is 2.16. The van der Waals surface area contributed by atoms with Gasteiger partial charge in [-0.2, -0.15) is 5.12 Å². The Morgan fingerprint density at radius 3 is 3.00 bits per heavy atom. The molecule has 1 heterocycles. The van der Waals surface area contributed by atoms with Crippen molar-refractivity contribution in [2.45, 2.75) is 0 Å². The number of nitro benzene ring substituents is 1. The van der Waals surface area contributed by atoms with Gasteiger partial charge in [-0.1, -0.05) is 11.2 Å². The Labute approximate surface area is 84.0 Å². The number of nitrogens with zero attached hydrogens (tertiary/aromatic N) is 3. The molecule has 0 amide bonds. The first-order valence-electron chi connectivity index (χ1n) is 3.98. The number of anilines is 1. The minimum absolute atomic E-state index is 0.0324. The van der Waals surface area contributed by atoms with Gasteiger partial charge in [-0.3, -0.25) is 10.1 Å². The summed E-state index contributed by atoms with van der Waals surface area (Å²) < 4.78 is 0. The molecule has 15 heavy (non-hydrogen) atoms. The van der Waals surface area contributed by atoms with Crippen LogP contribution in [0.3, 0.4) is 0 Å². The van der Waals surface area contributed by atoms with E-state index in [1.54, 1.807) is 12.1 Å². The summed E-state index contributed by atoms with van der Waals surface area (Å²) in [6.45, 7) is 0. The van der Waals surface area contributed by atoms with Gasteiger partial charge in [-0.05, 0) is 11.7 Å². The minimum Gasteiger partial charge on any atom is -0.351 e. The van der Waals surface area contributed by atoms with Crippen molar-refractivity contribution in [1.29, 1.82) is 0 Å². The topological polar surface area (TPSA) is 106 Å². The van der Waals surface area contributed by atoms with Gasteiger partial charge >= 0.3 is 6.02 Å². The molecule has 2 rings (SSSR count). The Morgan fingerprint density at radius 2 is 2.40 bits per heavy atom. The molecular formula is C7H7N5O3. The monoisotopic (exact) mass is 209 g/mol. The lowest BCUT2D eigenvalue weighted by molar-refractivity contribution is -0.384. The molecule has 8 heteroatoms. The number of hydrogen-bond acceptors (Lipinski definition) is 7. The summed E-state index contributed by atoms with van der Waals surface area (Å²) in [4.78, 5) is 14.7. The second kappa shape index (κ2) is 3.42. The van der Waals surface area contributed by atoms with Gasteiger partial charge in [-0.15, -0.1) is 0 Å². The smallest absolute Gasteiger partial charge is 0.327 e. The normalized spacial score (nSPS) is 14.7. The van der Waals surface area contributed by atoms with Gasteiger partial charge in [0.25, 0.3) is 5.69 Å². The second-order valence-electron chi connectivity index (χ2n) is 2.72. The van der Waals surface area contributed by atoms with Crippen molar-refractivity contribution < 1.29 is 9.76 Å². The van der Waals surface area contributed by atoms with E-state index in [2.05, 4.69) is 15.5 Å². The number of benzene rings is 1. The molecule has 78 valence electrons. The van der Waals surface area contributed by atoms with E-state index in [9.17, 15) is 10.1 Å². The molecule has 0 unspecified atom stereocenters. The van der Waals surface area contributed by atoms with Crippen molar-refractivity contribution in [3.8, 4) is 0 Å². The third kappa shape index (κ3) is 1.79. The number of hydrazine groups is 1. The zero-order valence-electron chi connectivity index (χ0n) is 7.45. The predicted octanol–water partition coefficient (Wildman–Crippen LogP) is 0.0807. The van der Waals surface area contributed by atoms with E-state index >= 15 is 0 Å². The van der Waals surface area contributed by atoms with Gasteiger partial charge in [0.15, 0.2) is 0 Å². The maximum atomic E-state index is 10.5. The fraction of sp³-hybridized carbons (Fsp3) is 0. The maximum absolute atomic E-state index is 10.5. The molecular weight excluding hydrogens is 202 g/mol. The first-order valence-corrected chi connectivity index (χ1v) is 3.98. The number of nitrogens with two attached hydrogens (primary N) is 1. The van der Waals surface area contributed by atoms with Crippen LogP contribution in [0.1, 0.15) is 0 Å². The van der Waals surface area contributed by atoms with Crippen molar-refractivity contribution in [3.05, 3.63) is 34.4 Å². The number of hydrogen-bond donors (Lipinski definition) is 2. The SMILES string of the molecule is NC1=NN(c2cccc([N+](=O)[O-])c2)NO1. The van der Waals surface area contributed by atoms with Crippen LogP contribution in [0.5, 0.6) is 0 Å². The Morgan fingerprint density at radius 1 is 1.60 bits per heavy atom. The summed E-state index contributed by atoms with van der Waals surface area (Å²) in [6.07, 6.45) is 0. The lowest BCUT2D eigenvalue weighted by atomic mass is 10.3. The van der Waals surface area contributed by atoms with Crippen LogP contribution in [0.2, 0.25) is 0 Å². The van der Waals surface area contributed by atoms with Crippen molar-refractivity contribution >= 4 is 17.4 Å². The van der Waals surface area contributed by atoms with E-state index in [1.165, 1.54) is 17.3 Å². The molecule has 0 aromatic heterocycles. The van der Waals surface area contributed by atoms with Crippen LogP contribution >= 0.6 is 0 Å². The molecule has 0 spiro atoms. The summed E-state index contributed by atoms with van der Waals surface area (Å²) >= 11 is 0. The fourth-order valence-corrected chi connectivity index (χ4v) is 1.08. The quantitative estimate of drug-likeness (QED) is 0.527. The van der Waals surface area contributed by atoms with Crippen molar-refractivity contribution in [2.75, 3.05) is 5.12 Å². The molecule has 0 radical (unpaired) electrons. The van der Waals surface area contributed by atoms with Crippen molar-refractivity contribution in [2.24, 2.45) is 10.8 Å². The van der Waals surface area contributed by atoms with Gasteiger partial charge in [0.1, 0.15) is 0 Å². The summed E-state index contributed by atoms with van der Waals surface area (Å²) in [7, 11) is 0. The van der Waals surface area contributed by atoms with E-state index < -0.39 is 4.92 Å². The lowest BCUT2D eigenvalue weighted by Crippen LogP contribution is -2.27. The Balaban J connectivity index is 2.29. The molecule has 0 saturated carbocycles. The average Bonchev–Trinajstić information content (AvgIpc) is 2.65. The van der Waals surface area contributed by atoms with Crippen LogP contribution in [0, 0.1) is 10.1 Å². The zero-order chi connectivity index (χ0) is 10.8. The highest BCUT2D eigenvalue weighted by atomic mass is 16.7. The van der Waals surface area contributed by atoms with E-state index in [0.29, 0.717) is 5.69 Å². The summed E-state index contributed by atoms with van der Waals surface area (Å²) in [5.41, 5.74) is 8.05. The second-order valence-corrected chi connectivity index (χ2v) is 2.72. The van der Waals surface area contributed by atoms with Crippen LogP contribution in [0.25, 0.3) is 0 Å². The Bertz CT molecular complexity index is 432. The molecule has 0 saturated heterocycles. The summed E-state index contributed by atoms with van der Waals surface area (Å²) in [5.74, 6) is 0. The van der Waals surface area contributed by atoms with Crippen LogP contribution < -0.4 is 16.4 Å². The van der Waals surface area contributed by atoms with E-state index in [4.69, 9.17) is 5.73 Å². The maximum Gasteiger partial charge on any atom is 0.327 e. The first kappa shape index (κ1) is 9.21. The summed E-state index contributed by atoms with van der Waals surface area (Å²) in [6, 6.07) is 5.85. The number of nitrogens with one attached hydrogen (secondary N) is 1. The molecule has 1 aromatic carbocycles.